The van der Waals surface area contributed by atoms with Gasteiger partial charge in [0, 0.05) is 30.9 Å². The number of ether oxygens (including phenoxy) is 1. The van der Waals surface area contributed by atoms with E-state index in [1.165, 1.54) is 6.20 Å². The first-order chi connectivity index (χ1) is 12.5. The third kappa shape index (κ3) is 3.22. The average molecular weight is 393 g/mol. The van der Waals surface area contributed by atoms with Crippen molar-refractivity contribution in [2.75, 3.05) is 11.4 Å². The van der Waals surface area contributed by atoms with Crippen LogP contribution in [0.25, 0.3) is 0 Å². The average Bonchev–Trinajstić information content (AvgIpc) is 3.01. The zero-order chi connectivity index (χ0) is 18.3. The number of hydrogen-bond acceptors (Lipinski definition) is 7. The van der Waals surface area contributed by atoms with Crippen LogP contribution in [0.5, 0.6) is 5.75 Å². The van der Waals surface area contributed by atoms with Gasteiger partial charge in [-0.3, -0.25) is 0 Å². The second-order valence-electron chi connectivity index (χ2n) is 6.49. The zero-order valence-corrected chi connectivity index (χ0v) is 15.7. The fourth-order valence-corrected chi connectivity index (χ4v) is 3.58. The standard InChI is InChI=1S/C17H18Cl2N6O/c1-9-6-10(20)3-5-25(9)13-8-22-15-11(24-13)7-23-17(15)26-12-2-4-21-16(19)14(12)18/h2,4,8-10H,3,5-7,20H2,1H3/t9-,10+/m0/s1. The molecule has 0 unspecified atom stereocenters. The van der Waals surface area contributed by atoms with E-state index in [1.54, 1.807) is 12.3 Å². The summed E-state index contributed by atoms with van der Waals surface area (Å²) in [7, 11) is 0. The van der Waals surface area contributed by atoms with E-state index >= 15 is 0 Å². The number of aromatic nitrogens is 3. The smallest absolute Gasteiger partial charge is 0.243 e. The first-order valence-corrected chi connectivity index (χ1v) is 9.19. The topological polar surface area (TPSA) is 89.5 Å². The number of rotatable bonds is 2. The molecule has 2 aliphatic rings. The van der Waals surface area contributed by atoms with Gasteiger partial charge in [0.2, 0.25) is 5.90 Å². The fraction of sp³-hybridized carbons (Fsp3) is 0.412. The Hall–Kier alpha value is -1.96. The molecule has 1 saturated heterocycles. The quantitative estimate of drug-likeness (QED) is 0.790. The van der Waals surface area contributed by atoms with E-state index in [1.807, 2.05) is 0 Å². The van der Waals surface area contributed by atoms with Gasteiger partial charge in [0.1, 0.15) is 16.5 Å². The number of anilines is 1. The van der Waals surface area contributed by atoms with E-state index in [9.17, 15) is 0 Å². The first-order valence-electron chi connectivity index (χ1n) is 8.43. The van der Waals surface area contributed by atoms with Crippen molar-refractivity contribution in [2.45, 2.75) is 38.4 Å². The van der Waals surface area contributed by atoms with Crippen LogP contribution in [0.2, 0.25) is 10.2 Å². The van der Waals surface area contributed by atoms with Crippen LogP contribution in [0.3, 0.4) is 0 Å². The molecule has 0 saturated carbocycles. The molecule has 1 fully saturated rings. The number of nitrogens with two attached hydrogens (primary N) is 1. The minimum absolute atomic E-state index is 0.182. The van der Waals surface area contributed by atoms with E-state index in [0.29, 0.717) is 29.9 Å². The van der Waals surface area contributed by atoms with Crippen molar-refractivity contribution >= 4 is 34.9 Å². The van der Waals surface area contributed by atoms with Crippen LogP contribution >= 0.6 is 23.2 Å². The molecule has 9 heteroatoms. The lowest BCUT2D eigenvalue weighted by molar-refractivity contribution is 0.426. The van der Waals surface area contributed by atoms with Crippen LogP contribution in [-0.4, -0.2) is 39.5 Å². The predicted molar refractivity (Wildman–Crippen MR) is 101 cm³/mol. The Morgan fingerprint density at radius 1 is 1.31 bits per heavy atom. The van der Waals surface area contributed by atoms with E-state index in [2.05, 4.69) is 26.8 Å². The molecule has 2 aromatic heterocycles. The van der Waals surface area contributed by atoms with E-state index in [-0.39, 0.29) is 16.2 Å². The van der Waals surface area contributed by atoms with Gasteiger partial charge in [-0.15, -0.1) is 0 Å². The predicted octanol–water partition coefficient (Wildman–Crippen LogP) is 2.83. The SMILES string of the molecule is C[C@H]1C[C@H](N)CCN1c1cnc2c(n1)CN=C2Oc1ccnc(Cl)c1Cl. The molecular formula is C17H18Cl2N6O. The summed E-state index contributed by atoms with van der Waals surface area (Å²) >= 11 is 12.1. The summed E-state index contributed by atoms with van der Waals surface area (Å²) in [6.45, 7) is 3.46. The summed E-state index contributed by atoms with van der Waals surface area (Å²) in [4.78, 5) is 19.8. The highest BCUT2D eigenvalue weighted by Gasteiger charge is 2.28. The van der Waals surface area contributed by atoms with Gasteiger partial charge in [0.25, 0.3) is 0 Å². The molecular weight excluding hydrogens is 375 g/mol. The summed E-state index contributed by atoms with van der Waals surface area (Å²) in [5.74, 6) is 1.63. The summed E-state index contributed by atoms with van der Waals surface area (Å²) in [5.41, 5.74) is 7.46. The third-order valence-corrected chi connectivity index (χ3v) is 5.38. The zero-order valence-electron chi connectivity index (χ0n) is 14.2. The van der Waals surface area contributed by atoms with Crippen molar-refractivity contribution in [3.8, 4) is 5.75 Å². The van der Waals surface area contributed by atoms with Crippen molar-refractivity contribution in [3.05, 3.63) is 40.0 Å². The fourth-order valence-electron chi connectivity index (χ4n) is 3.28. The van der Waals surface area contributed by atoms with Gasteiger partial charge in [-0.25, -0.2) is 19.9 Å². The number of halogens is 2. The largest absolute Gasteiger partial charge is 0.435 e. The van der Waals surface area contributed by atoms with E-state index in [0.717, 1.165) is 30.9 Å². The summed E-state index contributed by atoms with van der Waals surface area (Å²) in [5, 5.41) is 0.426. The molecule has 4 heterocycles. The monoisotopic (exact) mass is 392 g/mol. The number of aliphatic imine (C=N–C) groups is 1. The lowest BCUT2D eigenvalue weighted by Crippen LogP contribution is -2.46. The van der Waals surface area contributed by atoms with Crippen molar-refractivity contribution < 1.29 is 4.74 Å². The van der Waals surface area contributed by atoms with E-state index in [4.69, 9.17) is 38.7 Å². The molecule has 136 valence electrons. The van der Waals surface area contributed by atoms with Gasteiger partial charge >= 0.3 is 0 Å². The summed E-state index contributed by atoms with van der Waals surface area (Å²) < 4.78 is 5.79. The Balaban J connectivity index is 1.55. The van der Waals surface area contributed by atoms with Crippen LogP contribution in [0.1, 0.15) is 31.2 Å². The van der Waals surface area contributed by atoms with Crippen LogP contribution in [0.15, 0.2) is 23.5 Å². The third-order valence-electron chi connectivity index (χ3n) is 4.64. The summed E-state index contributed by atoms with van der Waals surface area (Å²) in [6, 6.07) is 2.22. The Morgan fingerprint density at radius 2 is 2.15 bits per heavy atom. The number of hydrogen-bond donors (Lipinski definition) is 1. The Bertz CT molecular complexity index is 874. The van der Waals surface area contributed by atoms with Gasteiger partial charge < -0.3 is 15.4 Å². The molecule has 0 bridgehead atoms. The van der Waals surface area contributed by atoms with Crippen molar-refractivity contribution in [2.24, 2.45) is 10.7 Å². The summed E-state index contributed by atoms with van der Waals surface area (Å²) in [6.07, 6.45) is 5.19. The maximum Gasteiger partial charge on any atom is 0.243 e. The molecule has 2 N–H and O–H groups in total. The van der Waals surface area contributed by atoms with Gasteiger partial charge in [0.15, 0.2) is 10.9 Å². The highest BCUT2D eigenvalue weighted by atomic mass is 35.5. The number of nitrogens with zero attached hydrogens (tertiary/aromatic N) is 5. The van der Waals surface area contributed by atoms with Crippen LogP contribution in [-0.2, 0) is 6.54 Å². The molecule has 2 aromatic rings. The van der Waals surface area contributed by atoms with E-state index < -0.39 is 0 Å². The van der Waals surface area contributed by atoms with Gasteiger partial charge in [-0.2, -0.15) is 0 Å². The molecule has 26 heavy (non-hydrogen) atoms. The Labute approximate surface area is 161 Å². The highest BCUT2D eigenvalue weighted by molar-refractivity contribution is 6.42. The first kappa shape index (κ1) is 17.5. The maximum atomic E-state index is 6.13. The molecule has 0 amide bonds. The lowest BCUT2D eigenvalue weighted by atomic mass is 9.99. The molecule has 0 aliphatic carbocycles. The molecule has 0 radical (unpaired) electrons. The van der Waals surface area contributed by atoms with Crippen LogP contribution in [0, 0.1) is 0 Å². The minimum atomic E-state index is 0.182. The van der Waals surface area contributed by atoms with Crippen molar-refractivity contribution in [1.29, 1.82) is 0 Å². The Morgan fingerprint density at radius 3 is 2.96 bits per heavy atom. The normalized spacial score (nSPS) is 22.2. The van der Waals surface area contributed by atoms with Crippen LogP contribution < -0.4 is 15.4 Å². The Kier molecular flexibility index (Phi) is 4.69. The number of pyridine rings is 1. The highest BCUT2D eigenvalue weighted by Crippen LogP contribution is 2.31. The molecule has 0 spiro atoms. The lowest BCUT2D eigenvalue weighted by Gasteiger charge is -2.37. The molecule has 2 aliphatic heterocycles. The maximum absolute atomic E-state index is 6.13. The molecule has 7 nitrogen and oxygen atoms in total. The molecule has 4 rings (SSSR count). The number of piperidine rings is 1. The second kappa shape index (κ2) is 6.98. The molecule has 2 atom stereocenters. The minimum Gasteiger partial charge on any atom is -0.435 e. The van der Waals surface area contributed by atoms with Crippen molar-refractivity contribution in [1.82, 2.24) is 15.0 Å². The van der Waals surface area contributed by atoms with Gasteiger partial charge in [0.05, 0.1) is 18.4 Å². The molecule has 0 aromatic carbocycles. The van der Waals surface area contributed by atoms with Gasteiger partial charge in [-0.1, -0.05) is 23.2 Å². The van der Waals surface area contributed by atoms with Crippen LogP contribution in [0.4, 0.5) is 5.82 Å². The second-order valence-corrected chi connectivity index (χ2v) is 7.22. The number of fused-ring (bicyclic) bond motifs is 1. The van der Waals surface area contributed by atoms with Crippen molar-refractivity contribution in [3.63, 3.8) is 0 Å². The van der Waals surface area contributed by atoms with Gasteiger partial charge in [-0.05, 0) is 19.8 Å².